The Kier molecular flexibility index (Phi) is 3.90. The Hall–Kier alpha value is -2.48. The molecule has 0 saturated carbocycles. The Morgan fingerprint density at radius 1 is 1.14 bits per heavy atom. The fourth-order valence-corrected chi connectivity index (χ4v) is 3.09. The summed E-state index contributed by atoms with van der Waals surface area (Å²) in [5.41, 5.74) is -0.158. The molecule has 0 fully saturated rings. The number of nitro groups is 1. The van der Waals surface area contributed by atoms with Crippen LogP contribution in [-0.2, 0) is 10.0 Å². The standard InChI is InChI=1S/C13H11FN2O4S/c1-9-5-2-3-7-11(9)15-21(19,20)12-8-4-6-10(14)13(12)16(17)18/h2-8,15H,1H3. The van der Waals surface area contributed by atoms with E-state index in [1.165, 1.54) is 6.07 Å². The molecule has 21 heavy (non-hydrogen) atoms. The Morgan fingerprint density at radius 2 is 1.81 bits per heavy atom. The van der Waals surface area contributed by atoms with Crippen LogP contribution in [0.5, 0.6) is 0 Å². The van der Waals surface area contributed by atoms with E-state index < -0.39 is 31.3 Å². The Morgan fingerprint density at radius 3 is 2.43 bits per heavy atom. The molecule has 0 unspecified atom stereocenters. The minimum absolute atomic E-state index is 0.274. The van der Waals surface area contributed by atoms with Gasteiger partial charge in [-0.3, -0.25) is 14.8 Å². The number of rotatable bonds is 4. The molecule has 1 N–H and O–H groups in total. The first-order chi connectivity index (χ1) is 9.83. The molecule has 0 amide bonds. The first kappa shape index (κ1) is 14.9. The van der Waals surface area contributed by atoms with Crippen LogP contribution in [0, 0.1) is 22.9 Å². The average Bonchev–Trinajstić information content (AvgIpc) is 2.40. The predicted octanol–water partition coefficient (Wildman–Crippen LogP) is 2.84. The zero-order valence-electron chi connectivity index (χ0n) is 10.9. The van der Waals surface area contributed by atoms with Gasteiger partial charge >= 0.3 is 5.69 Å². The summed E-state index contributed by atoms with van der Waals surface area (Å²) in [5, 5.41) is 10.9. The van der Waals surface area contributed by atoms with Crippen molar-refractivity contribution in [2.75, 3.05) is 4.72 Å². The van der Waals surface area contributed by atoms with Crippen molar-refractivity contribution in [3.05, 3.63) is 64.0 Å². The molecule has 0 saturated heterocycles. The van der Waals surface area contributed by atoms with E-state index in [0.717, 1.165) is 18.2 Å². The predicted molar refractivity (Wildman–Crippen MR) is 75.0 cm³/mol. The third-order valence-corrected chi connectivity index (χ3v) is 4.21. The van der Waals surface area contributed by atoms with Crippen molar-refractivity contribution >= 4 is 21.4 Å². The SMILES string of the molecule is Cc1ccccc1NS(=O)(=O)c1cccc(F)c1[N+](=O)[O-]. The van der Waals surface area contributed by atoms with E-state index in [-0.39, 0.29) is 5.69 Å². The molecule has 2 aromatic carbocycles. The molecule has 0 heterocycles. The summed E-state index contributed by atoms with van der Waals surface area (Å²) in [6.07, 6.45) is 0. The number of para-hydroxylation sites is 2. The number of anilines is 1. The largest absolute Gasteiger partial charge is 0.325 e. The topological polar surface area (TPSA) is 89.3 Å². The highest BCUT2D eigenvalue weighted by molar-refractivity contribution is 7.92. The lowest BCUT2D eigenvalue weighted by Crippen LogP contribution is -2.16. The normalized spacial score (nSPS) is 11.1. The van der Waals surface area contributed by atoms with Gasteiger partial charge in [0.15, 0.2) is 4.90 Å². The van der Waals surface area contributed by atoms with Crippen LogP contribution in [-0.4, -0.2) is 13.3 Å². The highest BCUT2D eigenvalue weighted by Gasteiger charge is 2.29. The van der Waals surface area contributed by atoms with Gasteiger partial charge in [0.2, 0.25) is 5.82 Å². The second kappa shape index (κ2) is 5.49. The quantitative estimate of drug-likeness (QED) is 0.694. The van der Waals surface area contributed by atoms with E-state index in [1.807, 2.05) is 0 Å². The zero-order chi connectivity index (χ0) is 15.6. The lowest BCUT2D eigenvalue weighted by Gasteiger charge is -2.10. The number of benzene rings is 2. The van der Waals surface area contributed by atoms with Crippen LogP contribution in [0.3, 0.4) is 0 Å². The molecule has 2 aromatic rings. The molecule has 0 bridgehead atoms. The van der Waals surface area contributed by atoms with E-state index in [1.54, 1.807) is 25.1 Å². The zero-order valence-corrected chi connectivity index (χ0v) is 11.7. The van der Waals surface area contributed by atoms with Crippen LogP contribution in [0.1, 0.15) is 5.56 Å². The molecule has 0 aliphatic carbocycles. The van der Waals surface area contributed by atoms with Gasteiger partial charge in [0.25, 0.3) is 10.0 Å². The van der Waals surface area contributed by atoms with Crippen molar-refractivity contribution in [1.29, 1.82) is 0 Å². The number of aryl methyl sites for hydroxylation is 1. The highest BCUT2D eigenvalue weighted by atomic mass is 32.2. The van der Waals surface area contributed by atoms with Crippen LogP contribution < -0.4 is 4.72 Å². The van der Waals surface area contributed by atoms with Crippen LogP contribution >= 0.6 is 0 Å². The smallest absolute Gasteiger partial charge is 0.279 e. The molecule has 8 heteroatoms. The summed E-state index contributed by atoms with van der Waals surface area (Å²) < 4.78 is 40.2. The van der Waals surface area contributed by atoms with Gasteiger partial charge in [0, 0.05) is 0 Å². The average molecular weight is 310 g/mol. The first-order valence-electron chi connectivity index (χ1n) is 5.84. The van der Waals surface area contributed by atoms with Gasteiger partial charge in [-0.15, -0.1) is 0 Å². The minimum atomic E-state index is -4.27. The van der Waals surface area contributed by atoms with Gasteiger partial charge in [0.05, 0.1) is 10.6 Å². The van der Waals surface area contributed by atoms with Gasteiger partial charge in [-0.25, -0.2) is 8.42 Å². The molecule has 6 nitrogen and oxygen atoms in total. The summed E-state index contributed by atoms with van der Waals surface area (Å²) in [5.74, 6) is -1.20. The number of halogens is 1. The van der Waals surface area contributed by atoms with Crippen molar-refractivity contribution < 1.29 is 17.7 Å². The summed E-state index contributed by atoms with van der Waals surface area (Å²) in [6.45, 7) is 1.68. The van der Waals surface area contributed by atoms with Gasteiger partial charge in [0.1, 0.15) is 0 Å². The third-order valence-electron chi connectivity index (χ3n) is 2.81. The monoisotopic (exact) mass is 310 g/mol. The molecular formula is C13H11FN2O4S. The first-order valence-corrected chi connectivity index (χ1v) is 7.32. The molecular weight excluding hydrogens is 299 g/mol. The third kappa shape index (κ3) is 3.00. The summed E-state index contributed by atoms with van der Waals surface area (Å²) in [7, 11) is -4.27. The molecule has 0 aromatic heterocycles. The van der Waals surface area contributed by atoms with Gasteiger partial charge in [-0.05, 0) is 30.7 Å². The number of sulfonamides is 1. The molecule has 110 valence electrons. The van der Waals surface area contributed by atoms with E-state index >= 15 is 0 Å². The van der Waals surface area contributed by atoms with Crippen molar-refractivity contribution in [3.8, 4) is 0 Å². The summed E-state index contributed by atoms with van der Waals surface area (Å²) in [6, 6.07) is 9.46. The Bertz CT molecular complexity index is 806. The lowest BCUT2D eigenvalue weighted by molar-refractivity contribution is -0.390. The van der Waals surface area contributed by atoms with Crippen molar-refractivity contribution in [1.82, 2.24) is 0 Å². The van der Waals surface area contributed by atoms with E-state index in [0.29, 0.717) is 5.56 Å². The maximum atomic E-state index is 13.5. The van der Waals surface area contributed by atoms with Gasteiger partial charge < -0.3 is 0 Å². The number of nitrogens with one attached hydrogen (secondary N) is 1. The van der Waals surface area contributed by atoms with Crippen molar-refractivity contribution in [2.45, 2.75) is 11.8 Å². The number of nitro benzene ring substituents is 1. The van der Waals surface area contributed by atoms with Crippen LogP contribution in [0.25, 0.3) is 0 Å². The fraction of sp³-hybridized carbons (Fsp3) is 0.0769. The summed E-state index contributed by atoms with van der Waals surface area (Å²) in [4.78, 5) is 9.12. The molecule has 0 radical (unpaired) electrons. The minimum Gasteiger partial charge on any atom is -0.279 e. The number of hydrogen-bond acceptors (Lipinski definition) is 4. The van der Waals surface area contributed by atoms with E-state index in [9.17, 15) is 22.9 Å². The van der Waals surface area contributed by atoms with Crippen LogP contribution in [0.4, 0.5) is 15.8 Å². The maximum absolute atomic E-state index is 13.5. The molecule has 0 spiro atoms. The van der Waals surface area contributed by atoms with Gasteiger partial charge in [-0.2, -0.15) is 4.39 Å². The summed E-state index contributed by atoms with van der Waals surface area (Å²) >= 11 is 0. The highest BCUT2D eigenvalue weighted by Crippen LogP contribution is 2.28. The van der Waals surface area contributed by atoms with Crippen molar-refractivity contribution in [2.24, 2.45) is 0 Å². The maximum Gasteiger partial charge on any atom is 0.325 e. The molecule has 0 atom stereocenters. The lowest BCUT2D eigenvalue weighted by atomic mass is 10.2. The van der Waals surface area contributed by atoms with Crippen LogP contribution in [0.15, 0.2) is 47.4 Å². The molecule has 0 aliphatic heterocycles. The Balaban J connectivity index is 2.53. The second-order valence-corrected chi connectivity index (χ2v) is 5.91. The Labute approximate surface area is 120 Å². The van der Waals surface area contributed by atoms with Gasteiger partial charge in [-0.1, -0.05) is 24.3 Å². The van der Waals surface area contributed by atoms with E-state index in [4.69, 9.17) is 0 Å². The second-order valence-electron chi connectivity index (χ2n) is 4.26. The van der Waals surface area contributed by atoms with Crippen LogP contribution in [0.2, 0.25) is 0 Å². The van der Waals surface area contributed by atoms with E-state index in [2.05, 4.69) is 4.72 Å². The van der Waals surface area contributed by atoms with Crippen molar-refractivity contribution in [3.63, 3.8) is 0 Å². The number of hydrogen-bond donors (Lipinski definition) is 1. The number of nitrogens with zero attached hydrogens (tertiary/aromatic N) is 1. The molecule has 2 rings (SSSR count). The molecule has 0 aliphatic rings. The fourth-order valence-electron chi connectivity index (χ4n) is 1.78.